The number of fused-ring (bicyclic) bond motifs is 1. The van der Waals surface area contributed by atoms with E-state index in [1.165, 1.54) is 15.7 Å². The van der Waals surface area contributed by atoms with E-state index in [1.54, 1.807) is 6.07 Å². The van der Waals surface area contributed by atoms with Crippen molar-refractivity contribution in [3.63, 3.8) is 0 Å². The molecule has 118 valence electrons. The summed E-state index contributed by atoms with van der Waals surface area (Å²) in [6, 6.07) is 15.3. The Morgan fingerprint density at radius 2 is 1.96 bits per heavy atom. The first kappa shape index (κ1) is 15.1. The summed E-state index contributed by atoms with van der Waals surface area (Å²) >= 11 is 7.56. The number of rotatable bonds is 2. The van der Waals surface area contributed by atoms with Gasteiger partial charge < -0.3 is 0 Å². The van der Waals surface area contributed by atoms with E-state index in [4.69, 9.17) is 11.6 Å². The molecule has 24 heavy (non-hydrogen) atoms. The van der Waals surface area contributed by atoms with E-state index in [1.807, 2.05) is 55.5 Å². The molecule has 0 N–H and O–H groups in total. The molecule has 4 rings (SSSR count). The van der Waals surface area contributed by atoms with Gasteiger partial charge in [0.05, 0.1) is 9.55 Å². The largest absolute Gasteiger partial charge is 0.276 e. The van der Waals surface area contributed by atoms with Crippen LogP contribution in [-0.2, 0) is 0 Å². The molecule has 0 saturated heterocycles. The van der Waals surface area contributed by atoms with E-state index in [0.717, 1.165) is 11.1 Å². The lowest BCUT2D eigenvalue weighted by Gasteiger charge is -1.99. The van der Waals surface area contributed by atoms with Crippen LogP contribution in [0.1, 0.15) is 11.1 Å². The molecular formula is C18H12ClN3OS. The Morgan fingerprint density at radius 3 is 2.75 bits per heavy atom. The fourth-order valence-corrected chi connectivity index (χ4v) is 3.72. The summed E-state index contributed by atoms with van der Waals surface area (Å²) in [5, 5.41) is 8.81. The van der Waals surface area contributed by atoms with Crippen LogP contribution in [-0.4, -0.2) is 14.6 Å². The molecule has 0 aliphatic heterocycles. The van der Waals surface area contributed by atoms with Crippen molar-refractivity contribution < 1.29 is 0 Å². The summed E-state index contributed by atoms with van der Waals surface area (Å²) < 4.78 is 2.15. The van der Waals surface area contributed by atoms with E-state index < -0.39 is 0 Å². The lowest BCUT2D eigenvalue weighted by Crippen LogP contribution is -2.23. The third kappa shape index (κ3) is 2.52. The molecule has 0 spiro atoms. The highest BCUT2D eigenvalue weighted by Crippen LogP contribution is 2.25. The van der Waals surface area contributed by atoms with Crippen molar-refractivity contribution in [2.45, 2.75) is 6.92 Å². The molecule has 0 saturated carbocycles. The molecule has 0 atom stereocenters. The zero-order valence-electron chi connectivity index (χ0n) is 12.7. The SMILES string of the molecule is Cc1cccc(/C=c2\sc3nnc(-c4ccccc4Cl)n3c2=O)c1. The van der Waals surface area contributed by atoms with Crippen molar-refractivity contribution >= 4 is 34.0 Å². The molecule has 4 nitrogen and oxygen atoms in total. The summed E-state index contributed by atoms with van der Waals surface area (Å²) in [6.07, 6.45) is 1.88. The second kappa shape index (κ2) is 5.85. The van der Waals surface area contributed by atoms with Crippen LogP contribution in [0.25, 0.3) is 22.4 Å². The number of nitrogens with zero attached hydrogens (tertiary/aromatic N) is 3. The van der Waals surface area contributed by atoms with Crippen molar-refractivity contribution in [3.05, 3.63) is 79.6 Å². The number of aromatic nitrogens is 3. The van der Waals surface area contributed by atoms with Crippen molar-refractivity contribution in [2.75, 3.05) is 0 Å². The van der Waals surface area contributed by atoms with Crippen LogP contribution in [0.2, 0.25) is 5.02 Å². The van der Waals surface area contributed by atoms with E-state index in [-0.39, 0.29) is 5.56 Å². The predicted molar refractivity (Wildman–Crippen MR) is 97.5 cm³/mol. The molecule has 2 aromatic carbocycles. The molecule has 6 heteroatoms. The maximum absolute atomic E-state index is 12.8. The van der Waals surface area contributed by atoms with Crippen LogP contribution in [0.3, 0.4) is 0 Å². The Morgan fingerprint density at radius 1 is 1.12 bits per heavy atom. The lowest BCUT2D eigenvalue weighted by molar-refractivity contribution is 1.09. The Balaban J connectivity index is 1.95. The van der Waals surface area contributed by atoms with Gasteiger partial charge in [-0.15, -0.1) is 10.2 Å². The van der Waals surface area contributed by atoms with Gasteiger partial charge in [-0.2, -0.15) is 0 Å². The highest BCUT2D eigenvalue weighted by molar-refractivity contribution is 7.15. The standard InChI is InChI=1S/C18H12ClN3OS/c1-11-5-4-6-12(9-11)10-15-17(23)22-16(20-21-18(22)24-15)13-7-2-3-8-14(13)19/h2-10H,1H3/b15-10-. The fraction of sp³-hybridized carbons (Fsp3) is 0.0556. The van der Waals surface area contributed by atoms with Gasteiger partial charge >= 0.3 is 0 Å². The minimum absolute atomic E-state index is 0.128. The van der Waals surface area contributed by atoms with Crippen LogP contribution in [0, 0.1) is 6.92 Å². The predicted octanol–water partition coefficient (Wildman–Crippen LogP) is 3.33. The van der Waals surface area contributed by atoms with Gasteiger partial charge in [-0.05, 0) is 30.7 Å². The van der Waals surface area contributed by atoms with Gasteiger partial charge in [0.15, 0.2) is 5.82 Å². The van der Waals surface area contributed by atoms with Crippen LogP contribution in [0.5, 0.6) is 0 Å². The van der Waals surface area contributed by atoms with Gasteiger partial charge in [-0.3, -0.25) is 4.79 Å². The highest BCUT2D eigenvalue weighted by atomic mass is 35.5. The lowest BCUT2D eigenvalue weighted by atomic mass is 10.1. The maximum atomic E-state index is 12.8. The van der Waals surface area contributed by atoms with Crippen LogP contribution in [0.4, 0.5) is 0 Å². The van der Waals surface area contributed by atoms with Crippen molar-refractivity contribution in [1.82, 2.24) is 14.6 Å². The number of thiazole rings is 1. The Kier molecular flexibility index (Phi) is 3.67. The Bertz CT molecular complexity index is 1160. The molecule has 2 heterocycles. The molecule has 0 unspecified atom stereocenters. The van der Waals surface area contributed by atoms with E-state index in [0.29, 0.717) is 25.9 Å². The summed E-state index contributed by atoms with van der Waals surface area (Å²) in [7, 11) is 0. The molecule has 0 aliphatic carbocycles. The number of halogens is 1. The van der Waals surface area contributed by atoms with Gasteiger partial charge in [0, 0.05) is 5.56 Å². The summed E-state index contributed by atoms with van der Waals surface area (Å²) in [5.74, 6) is 0.473. The van der Waals surface area contributed by atoms with Crippen LogP contribution in [0.15, 0.2) is 53.3 Å². The maximum Gasteiger partial charge on any atom is 0.276 e. The van der Waals surface area contributed by atoms with Gasteiger partial charge in [-0.25, -0.2) is 4.40 Å². The number of hydrogen-bond acceptors (Lipinski definition) is 4. The smallest absolute Gasteiger partial charge is 0.267 e. The van der Waals surface area contributed by atoms with Crippen molar-refractivity contribution in [2.24, 2.45) is 0 Å². The first-order chi connectivity index (χ1) is 11.6. The summed E-state index contributed by atoms with van der Waals surface area (Å²) in [4.78, 5) is 13.4. The van der Waals surface area contributed by atoms with Crippen molar-refractivity contribution in [1.29, 1.82) is 0 Å². The molecule has 0 amide bonds. The zero-order chi connectivity index (χ0) is 16.7. The normalized spacial score (nSPS) is 12.2. The molecule has 0 fully saturated rings. The van der Waals surface area contributed by atoms with E-state index in [2.05, 4.69) is 10.2 Å². The highest BCUT2D eigenvalue weighted by Gasteiger charge is 2.15. The second-order valence-corrected chi connectivity index (χ2v) is 6.87. The average Bonchev–Trinajstić information content (AvgIpc) is 3.09. The average molecular weight is 354 g/mol. The third-order valence-corrected chi connectivity index (χ3v) is 4.99. The fourth-order valence-electron chi connectivity index (χ4n) is 2.59. The quantitative estimate of drug-likeness (QED) is 0.555. The molecule has 0 aliphatic rings. The molecular weight excluding hydrogens is 342 g/mol. The number of benzene rings is 2. The zero-order valence-corrected chi connectivity index (χ0v) is 14.3. The van der Waals surface area contributed by atoms with Gasteiger partial charge in [0.2, 0.25) is 4.96 Å². The molecule has 0 bridgehead atoms. The second-order valence-electron chi connectivity index (χ2n) is 5.45. The first-order valence-corrected chi connectivity index (χ1v) is 8.54. The topological polar surface area (TPSA) is 47.3 Å². The molecule has 0 radical (unpaired) electrons. The van der Waals surface area contributed by atoms with E-state index in [9.17, 15) is 4.79 Å². The minimum atomic E-state index is -0.128. The molecule has 4 aromatic rings. The van der Waals surface area contributed by atoms with Crippen LogP contribution >= 0.6 is 22.9 Å². The third-order valence-electron chi connectivity index (χ3n) is 3.70. The van der Waals surface area contributed by atoms with E-state index >= 15 is 0 Å². The summed E-state index contributed by atoms with van der Waals surface area (Å²) in [5.41, 5.74) is 2.71. The number of aryl methyl sites for hydroxylation is 1. The molecule has 2 aromatic heterocycles. The first-order valence-electron chi connectivity index (χ1n) is 7.35. The monoisotopic (exact) mass is 353 g/mol. The van der Waals surface area contributed by atoms with Crippen LogP contribution < -0.4 is 10.1 Å². The Hall–Kier alpha value is -2.50. The van der Waals surface area contributed by atoms with Gasteiger partial charge in [0.1, 0.15) is 0 Å². The van der Waals surface area contributed by atoms with Gasteiger partial charge in [0.25, 0.3) is 5.56 Å². The summed E-state index contributed by atoms with van der Waals surface area (Å²) in [6.45, 7) is 2.02. The Labute approximate surface area is 146 Å². The van der Waals surface area contributed by atoms with Gasteiger partial charge in [-0.1, -0.05) is 64.9 Å². The number of hydrogen-bond donors (Lipinski definition) is 0. The van der Waals surface area contributed by atoms with Crippen molar-refractivity contribution in [3.8, 4) is 11.4 Å². The minimum Gasteiger partial charge on any atom is -0.267 e.